The van der Waals surface area contributed by atoms with Gasteiger partial charge in [0, 0.05) is 22.9 Å². The zero-order valence-corrected chi connectivity index (χ0v) is 21.6. The van der Waals surface area contributed by atoms with Crippen LogP contribution in [0.1, 0.15) is 29.7 Å². The van der Waals surface area contributed by atoms with Gasteiger partial charge in [-0.25, -0.2) is 23.5 Å². The van der Waals surface area contributed by atoms with Crippen LogP contribution in [-0.2, 0) is 10.0 Å². The summed E-state index contributed by atoms with van der Waals surface area (Å²) in [6, 6.07) is 8.01. The number of fused-ring (bicyclic) bond motifs is 2. The van der Waals surface area contributed by atoms with Crippen molar-refractivity contribution < 1.29 is 27.0 Å². The Labute approximate surface area is 217 Å². The lowest BCUT2D eigenvalue weighted by molar-refractivity contribution is 0.164. The number of hydrogen-bond donors (Lipinski definition) is 1. The second kappa shape index (κ2) is 9.33. The molecule has 12 heteroatoms. The smallest absolute Gasteiger partial charge is 0.259 e. The third-order valence-electron chi connectivity index (χ3n) is 5.85. The molecule has 192 valence electrons. The molecule has 37 heavy (non-hydrogen) atoms. The van der Waals surface area contributed by atoms with Crippen molar-refractivity contribution >= 4 is 32.6 Å². The predicted molar refractivity (Wildman–Crippen MR) is 136 cm³/mol. The van der Waals surface area contributed by atoms with Crippen LogP contribution in [0.15, 0.2) is 50.8 Å². The molecule has 5 rings (SSSR count). The fourth-order valence-electron chi connectivity index (χ4n) is 4.16. The first-order valence-corrected chi connectivity index (χ1v) is 13.2. The van der Waals surface area contributed by atoms with Gasteiger partial charge in [-0.1, -0.05) is 11.6 Å². The SMILES string of the molecule is Cc1cc([C@@H](C)Oc2ccc(Cl)nc2S(N)(=O)=O)c2oc(-c3cnc4c(c3)OCCO4)c(C)c(=O)c2c1. The number of primary sulfonamides is 1. The molecule has 2 N–H and O–H groups in total. The quantitative estimate of drug-likeness (QED) is 0.368. The highest BCUT2D eigenvalue weighted by atomic mass is 35.5. The molecule has 4 aromatic rings. The first-order valence-electron chi connectivity index (χ1n) is 11.2. The molecule has 1 aliphatic rings. The maximum absolute atomic E-state index is 13.4. The van der Waals surface area contributed by atoms with Gasteiger partial charge in [0.2, 0.25) is 5.03 Å². The fraction of sp³-hybridized carbons (Fsp3) is 0.240. The third-order valence-corrected chi connectivity index (χ3v) is 6.90. The van der Waals surface area contributed by atoms with Gasteiger partial charge in [-0.2, -0.15) is 0 Å². The van der Waals surface area contributed by atoms with E-state index in [1.54, 1.807) is 38.2 Å². The zero-order chi connectivity index (χ0) is 26.5. The minimum Gasteiger partial charge on any atom is -0.484 e. The Morgan fingerprint density at radius 3 is 2.65 bits per heavy atom. The van der Waals surface area contributed by atoms with Gasteiger partial charge in [-0.3, -0.25) is 4.79 Å². The molecule has 0 aliphatic carbocycles. The molecule has 1 aromatic carbocycles. The molecule has 0 amide bonds. The van der Waals surface area contributed by atoms with E-state index in [1.165, 1.54) is 12.1 Å². The number of nitrogens with two attached hydrogens (primary N) is 1. The molecular weight excluding hydrogens is 522 g/mol. The maximum atomic E-state index is 13.4. The van der Waals surface area contributed by atoms with Crippen LogP contribution in [0.25, 0.3) is 22.3 Å². The van der Waals surface area contributed by atoms with Crippen LogP contribution >= 0.6 is 11.6 Å². The first-order chi connectivity index (χ1) is 17.5. The van der Waals surface area contributed by atoms with Gasteiger partial charge in [0.1, 0.15) is 35.8 Å². The number of aromatic nitrogens is 2. The van der Waals surface area contributed by atoms with Crippen molar-refractivity contribution in [1.82, 2.24) is 9.97 Å². The lowest BCUT2D eigenvalue weighted by Gasteiger charge is -2.20. The van der Waals surface area contributed by atoms with E-state index in [0.717, 1.165) is 5.56 Å². The van der Waals surface area contributed by atoms with Crippen molar-refractivity contribution in [2.45, 2.75) is 31.9 Å². The summed E-state index contributed by atoms with van der Waals surface area (Å²) in [7, 11) is -4.22. The van der Waals surface area contributed by atoms with Gasteiger partial charge in [0.25, 0.3) is 15.9 Å². The Hall–Kier alpha value is -3.67. The number of benzene rings is 1. The molecule has 1 aliphatic heterocycles. The van der Waals surface area contributed by atoms with Crippen molar-refractivity contribution in [3.8, 4) is 28.7 Å². The highest BCUT2D eigenvalue weighted by Crippen LogP contribution is 2.36. The Bertz CT molecular complexity index is 1720. The highest BCUT2D eigenvalue weighted by Gasteiger charge is 2.24. The number of sulfonamides is 1. The zero-order valence-electron chi connectivity index (χ0n) is 20.1. The van der Waals surface area contributed by atoms with E-state index < -0.39 is 21.2 Å². The standard InChI is InChI=1S/C25H22ClN3O7S/c1-12-8-16(14(3)35-18-4-5-20(26)29-25(18)37(27,31)32)23-17(9-12)21(30)13(2)22(36-23)15-10-19-24(28-11-15)34-7-6-33-19/h4-5,8-11,14H,6-7H2,1-3H3,(H2,27,31,32)/t14-/m1/s1. The normalized spacial score (nSPS) is 14.0. The van der Waals surface area contributed by atoms with Crippen LogP contribution < -0.4 is 24.8 Å². The van der Waals surface area contributed by atoms with Crippen LogP contribution in [0.5, 0.6) is 17.4 Å². The summed E-state index contributed by atoms with van der Waals surface area (Å²) >= 11 is 5.87. The Morgan fingerprint density at radius 1 is 1.14 bits per heavy atom. The molecule has 4 heterocycles. The van der Waals surface area contributed by atoms with Gasteiger partial charge in [0.15, 0.2) is 16.9 Å². The second-order valence-corrected chi connectivity index (χ2v) is 10.4. The van der Waals surface area contributed by atoms with E-state index in [-0.39, 0.29) is 21.9 Å². The van der Waals surface area contributed by atoms with Gasteiger partial charge in [0.05, 0.1) is 5.39 Å². The van der Waals surface area contributed by atoms with Gasteiger partial charge >= 0.3 is 0 Å². The first kappa shape index (κ1) is 25.0. The average molecular weight is 544 g/mol. The average Bonchev–Trinajstić information content (AvgIpc) is 2.86. The van der Waals surface area contributed by atoms with Crippen molar-refractivity contribution in [1.29, 1.82) is 0 Å². The molecule has 0 saturated carbocycles. The molecule has 0 unspecified atom stereocenters. The Morgan fingerprint density at radius 2 is 1.89 bits per heavy atom. The van der Waals surface area contributed by atoms with Crippen molar-refractivity contribution in [3.63, 3.8) is 0 Å². The number of nitrogens with zero attached hydrogens (tertiary/aromatic N) is 2. The lowest BCUT2D eigenvalue weighted by Crippen LogP contribution is -2.17. The minimum atomic E-state index is -4.22. The van der Waals surface area contributed by atoms with Gasteiger partial charge in [-0.05, 0) is 56.7 Å². The predicted octanol–water partition coefficient (Wildman–Crippen LogP) is 4.08. The van der Waals surface area contributed by atoms with E-state index >= 15 is 0 Å². The number of rotatable bonds is 5. The molecule has 3 aromatic heterocycles. The lowest BCUT2D eigenvalue weighted by atomic mass is 10.00. The number of pyridine rings is 2. The molecule has 0 radical (unpaired) electrons. The number of aryl methyl sites for hydroxylation is 1. The fourth-order valence-corrected chi connectivity index (χ4v) is 4.98. The largest absolute Gasteiger partial charge is 0.484 e. The van der Waals surface area contributed by atoms with E-state index in [0.29, 0.717) is 52.7 Å². The molecule has 0 saturated heterocycles. The topological polar surface area (TPSA) is 144 Å². The van der Waals surface area contributed by atoms with Gasteiger partial charge in [-0.15, -0.1) is 0 Å². The molecule has 1 atom stereocenters. The van der Waals surface area contributed by atoms with Crippen LogP contribution in [0.2, 0.25) is 5.15 Å². The van der Waals surface area contributed by atoms with Crippen LogP contribution in [-0.4, -0.2) is 31.6 Å². The number of ether oxygens (including phenoxy) is 3. The summed E-state index contributed by atoms with van der Waals surface area (Å²) < 4.78 is 47.5. The highest BCUT2D eigenvalue weighted by molar-refractivity contribution is 7.89. The van der Waals surface area contributed by atoms with E-state index in [1.807, 2.05) is 6.92 Å². The minimum absolute atomic E-state index is 0.0517. The van der Waals surface area contributed by atoms with Crippen LogP contribution in [0, 0.1) is 13.8 Å². The Kier molecular flexibility index (Phi) is 6.30. The second-order valence-electron chi connectivity index (χ2n) is 8.58. The molecule has 0 bridgehead atoms. The monoisotopic (exact) mass is 543 g/mol. The summed E-state index contributed by atoms with van der Waals surface area (Å²) in [6.45, 7) is 6.00. The van der Waals surface area contributed by atoms with Gasteiger partial charge < -0.3 is 18.6 Å². The van der Waals surface area contributed by atoms with Crippen molar-refractivity contribution in [2.24, 2.45) is 5.14 Å². The summed E-state index contributed by atoms with van der Waals surface area (Å²) in [6.07, 6.45) is 0.791. The maximum Gasteiger partial charge on any atom is 0.259 e. The van der Waals surface area contributed by atoms with E-state index in [4.69, 9.17) is 35.4 Å². The molecule has 10 nitrogen and oxygen atoms in total. The molecule has 0 fully saturated rings. The van der Waals surface area contributed by atoms with Crippen LogP contribution in [0.3, 0.4) is 0 Å². The summed E-state index contributed by atoms with van der Waals surface area (Å²) in [5, 5.41) is 5.12. The summed E-state index contributed by atoms with van der Waals surface area (Å²) in [5.74, 6) is 1.06. The molecular formula is C25H22ClN3O7S. The van der Waals surface area contributed by atoms with Crippen molar-refractivity contribution in [2.75, 3.05) is 13.2 Å². The summed E-state index contributed by atoms with van der Waals surface area (Å²) in [5.41, 5.74) is 2.32. The van der Waals surface area contributed by atoms with Crippen molar-refractivity contribution in [3.05, 3.63) is 68.6 Å². The molecule has 0 spiro atoms. The summed E-state index contributed by atoms with van der Waals surface area (Å²) in [4.78, 5) is 21.5. The van der Waals surface area contributed by atoms with E-state index in [9.17, 15) is 13.2 Å². The third kappa shape index (κ3) is 4.73. The number of halogens is 1. The Balaban J connectivity index is 1.65. The van der Waals surface area contributed by atoms with Crippen LogP contribution in [0.4, 0.5) is 0 Å². The van der Waals surface area contributed by atoms with E-state index in [2.05, 4.69) is 9.97 Å². The number of hydrogen-bond acceptors (Lipinski definition) is 9.